The van der Waals surface area contributed by atoms with Crippen molar-refractivity contribution in [1.29, 1.82) is 0 Å². The zero-order chi connectivity index (χ0) is 11.6. The lowest BCUT2D eigenvalue weighted by molar-refractivity contribution is 0.146. The lowest BCUT2D eigenvalue weighted by Gasteiger charge is -2.06. The Labute approximate surface area is 92.6 Å². The smallest absolute Gasteiger partial charge is 0.211 e. The SMILES string of the molecule is CCOCCCNS(=O)(=O)CCCNC. The van der Waals surface area contributed by atoms with E-state index in [9.17, 15) is 8.42 Å². The maximum Gasteiger partial charge on any atom is 0.211 e. The fourth-order valence-electron chi connectivity index (χ4n) is 1.06. The van der Waals surface area contributed by atoms with Gasteiger partial charge in [-0.2, -0.15) is 0 Å². The first-order valence-corrected chi connectivity index (χ1v) is 6.97. The molecule has 0 aromatic carbocycles. The highest BCUT2D eigenvalue weighted by Gasteiger charge is 2.07. The average molecular weight is 238 g/mol. The van der Waals surface area contributed by atoms with Crippen LogP contribution in [-0.2, 0) is 14.8 Å². The van der Waals surface area contributed by atoms with Gasteiger partial charge < -0.3 is 10.1 Å². The Morgan fingerprint density at radius 1 is 1.20 bits per heavy atom. The summed E-state index contributed by atoms with van der Waals surface area (Å²) in [5.41, 5.74) is 0. The van der Waals surface area contributed by atoms with Gasteiger partial charge in [0.1, 0.15) is 0 Å². The van der Waals surface area contributed by atoms with Gasteiger partial charge in [0, 0.05) is 19.8 Å². The number of hydrogen-bond acceptors (Lipinski definition) is 4. The van der Waals surface area contributed by atoms with Gasteiger partial charge >= 0.3 is 0 Å². The van der Waals surface area contributed by atoms with Crippen LogP contribution in [0.1, 0.15) is 19.8 Å². The minimum absolute atomic E-state index is 0.183. The molecule has 0 spiro atoms. The maximum atomic E-state index is 11.4. The molecular formula is C9H22N2O3S. The number of rotatable bonds is 10. The Morgan fingerprint density at radius 3 is 2.53 bits per heavy atom. The average Bonchev–Trinajstić information content (AvgIpc) is 2.17. The summed E-state index contributed by atoms with van der Waals surface area (Å²) < 4.78 is 30.4. The number of ether oxygens (including phenoxy) is 1. The summed E-state index contributed by atoms with van der Waals surface area (Å²) in [6.07, 6.45) is 1.36. The fraction of sp³-hybridized carbons (Fsp3) is 1.00. The summed E-state index contributed by atoms with van der Waals surface area (Å²) in [7, 11) is -1.28. The zero-order valence-electron chi connectivity index (χ0n) is 9.58. The van der Waals surface area contributed by atoms with Crippen molar-refractivity contribution in [3.05, 3.63) is 0 Å². The zero-order valence-corrected chi connectivity index (χ0v) is 10.4. The third kappa shape index (κ3) is 10.1. The summed E-state index contributed by atoms with van der Waals surface area (Å²) in [4.78, 5) is 0. The van der Waals surface area contributed by atoms with Crippen LogP contribution in [0.15, 0.2) is 0 Å². The van der Waals surface area contributed by atoms with Crippen LogP contribution in [0.2, 0.25) is 0 Å². The minimum atomic E-state index is -3.09. The van der Waals surface area contributed by atoms with Crippen LogP contribution in [0, 0.1) is 0 Å². The molecule has 0 unspecified atom stereocenters. The van der Waals surface area contributed by atoms with E-state index < -0.39 is 10.0 Å². The van der Waals surface area contributed by atoms with Gasteiger partial charge in [0.2, 0.25) is 10.0 Å². The topological polar surface area (TPSA) is 67.4 Å². The second kappa shape index (κ2) is 9.08. The molecule has 15 heavy (non-hydrogen) atoms. The summed E-state index contributed by atoms with van der Waals surface area (Å²) in [5.74, 6) is 0.183. The molecule has 0 amide bonds. The molecule has 0 aliphatic heterocycles. The monoisotopic (exact) mass is 238 g/mol. The summed E-state index contributed by atoms with van der Waals surface area (Å²) >= 11 is 0. The Morgan fingerprint density at radius 2 is 1.93 bits per heavy atom. The number of hydrogen-bond donors (Lipinski definition) is 2. The Kier molecular flexibility index (Phi) is 8.98. The van der Waals surface area contributed by atoms with Crippen molar-refractivity contribution in [2.75, 3.05) is 39.1 Å². The van der Waals surface area contributed by atoms with Gasteiger partial charge in [-0.3, -0.25) is 0 Å². The molecule has 0 radical (unpaired) electrons. The fourth-order valence-corrected chi connectivity index (χ4v) is 2.18. The van der Waals surface area contributed by atoms with E-state index in [4.69, 9.17) is 4.74 Å². The Hall–Kier alpha value is -0.170. The highest BCUT2D eigenvalue weighted by molar-refractivity contribution is 7.89. The summed E-state index contributed by atoms with van der Waals surface area (Å²) in [6, 6.07) is 0. The summed E-state index contributed by atoms with van der Waals surface area (Å²) in [6.45, 7) is 4.38. The van der Waals surface area contributed by atoms with Crippen molar-refractivity contribution in [2.24, 2.45) is 0 Å². The molecule has 0 fully saturated rings. The van der Waals surface area contributed by atoms with E-state index in [0.717, 1.165) is 13.0 Å². The molecule has 6 heteroatoms. The van der Waals surface area contributed by atoms with Gasteiger partial charge in [-0.1, -0.05) is 0 Å². The molecule has 0 rings (SSSR count). The molecule has 0 bridgehead atoms. The van der Waals surface area contributed by atoms with Crippen LogP contribution in [0.3, 0.4) is 0 Å². The third-order valence-electron chi connectivity index (χ3n) is 1.83. The lowest BCUT2D eigenvalue weighted by atomic mass is 10.5. The van der Waals surface area contributed by atoms with Gasteiger partial charge in [-0.25, -0.2) is 13.1 Å². The molecule has 5 nitrogen and oxygen atoms in total. The van der Waals surface area contributed by atoms with Crippen LogP contribution < -0.4 is 10.0 Å². The highest BCUT2D eigenvalue weighted by atomic mass is 32.2. The van der Waals surface area contributed by atoms with Gasteiger partial charge in [0.15, 0.2) is 0 Å². The van der Waals surface area contributed by atoms with E-state index in [1.165, 1.54) is 0 Å². The van der Waals surface area contributed by atoms with Gasteiger partial charge in [-0.15, -0.1) is 0 Å². The molecule has 0 aliphatic rings. The van der Waals surface area contributed by atoms with Crippen LogP contribution in [0.25, 0.3) is 0 Å². The lowest BCUT2D eigenvalue weighted by Crippen LogP contribution is -2.29. The van der Waals surface area contributed by atoms with Crippen molar-refractivity contribution in [3.8, 4) is 0 Å². The molecule has 0 aromatic rings. The minimum Gasteiger partial charge on any atom is -0.382 e. The first-order chi connectivity index (χ1) is 7.12. The molecule has 92 valence electrons. The highest BCUT2D eigenvalue weighted by Crippen LogP contribution is 1.89. The van der Waals surface area contributed by atoms with Crippen molar-refractivity contribution < 1.29 is 13.2 Å². The van der Waals surface area contributed by atoms with Gasteiger partial charge in [0.25, 0.3) is 0 Å². The van der Waals surface area contributed by atoms with E-state index in [2.05, 4.69) is 10.0 Å². The first kappa shape index (κ1) is 14.8. The van der Waals surface area contributed by atoms with Crippen molar-refractivity contribution in [3.63, 3.8) is 0 Å². The predicted molar refractivity (Wildman–Crippen MR) is 61.4 cm³/mol. The standard InChI is InChI=1S/C9H22N2O3S/c1-3-14-8-4-7-11-15(12,13)9-5-6-10-2/h10-11H,3-9H2,1-2H3. The molecular weight excluding hydrogens is 216 g/mol. The third-order valence-corrected chi connectivity index (χ3v) is 3.30. The molecule has 0 saturated carbocycles. The van der Waals surface area contributed by atoms with Gasteiger partial charge in [0.05, 0.1) is 5.75 Å². The van der Waals surface area contributed by atoms with E-state index in [1.54, 1.807) is 0 Å². The van der Waals surface area contributed by atoms with E-state index in [1.807, 2.05) is 14.0 Å². The second-order valence-electron chi connectivity index (χ2n) is 3.22. The molecule has 2 N–H and O–H groups in total. The van der Waals surface area contributed by atoms with Crippen LogP contribution >= 0.6 is 0 Å². The Balaban J connectivity index is 3.47. The maximum absolute atomic E-state index is 11.4. The molecule has 0 saturated heterocycles. The largest absolute Gasteiger partial charge is 0.382 e. The quantitative estimate of drug-likeness (QED) is 0.523. The predicted octanol–water partition coefficient (Wildman–Crippen LogP) is -0.0581. The van der Waals surface area contributed by atoms with E-state index in [-0.39, 0.29) is 5.75 Å². The van der Waals surface area contributed by atoms with Crippen LogP contribution in [0.5, 0.6) is 0 Å². The number of sulfonamides is 1. The second-order valence-corrected chi connectivity index (χ2v) is 5.15. The first-order valence-electron chi connectivity index (χ1n) is 5.32. The Bertz CT molecular complexity index is 230. The molecule has 0 heterocycles. The molecule has 0 aliphatic carbocycles. The van der Waals surface area contributed by atoms with Crippen LogP contribution in [-0.4, -0.2) is 47.5 Å². The summed E-state index contributed by atoms with van der Waals surface area (Å²) in [5, 5.41) is 2.91. The van der Waals surface area contributed by atoms with Crippen molar-refractivity contribution in [2.45, 2.75) is 19.8 Å². The van der Waals surface area contributed by atoms with Crippen LogP contribution in [0.4, 0.5) is 0 Å². The molecule has 0 atom stereocenters. The normalized spacial score (nSPS) is 11.9. The van der Waals surface area contributed by atoms with Gasteiger partial charge in [-0.05, 0) is 33.4 Å². The van der Waals surface area contributed by atoms with E-state index in [0.29, 0.717) is 26.2 Å². The number of nitrogens with one attached hydrogen (secondary N) is 2. The van der Waals surface area contributed by atoms with E-state index >= 15 is 0 Å². The van der Waals surface area contributed by atoms with Crippen molar-refractivity contribution in [1.82, 2.24) is 10.0 Å². The molecule has 0 aromatic heterocycles. The van der Waals surface area contributed by atoms with Crippen molar-refractivity contribution >= 4 is 10.0 Å².